The zero-order valence-corrected chi connectivity index (χ0v) is 9.93. The predicted molar refractivity (Wildman–Crippen MR) is 64.4 cm³/mol. The lowest BCUT2D eigenvalue weighted by Crippen LogP contribution is -2.18. The van der Waals surface area contributed by atoms with Crippen molar-refractivity contribution >= 4 is 17.3 Å². The average molecular weight is 212 g/mol. The first kappa shape index (κ1) is 11.4. The smallest absolute Gasteiger partial charge is 0.0455 e. The first-order valence-electron chi connectivity index (χ1n) is 5.12. The molecule has 14 heavy (non-hydrogen) atoms. The minimum atomic E-state index is 0.853. The highest BCUT2D eigenvalue weighted by atomic mass is 35.5. The van der Waals surface area contributed by atoms with Crippen molar-refractivity contribution < 1.29 is 0 Å². The van der Waals surface area contributed by atoms with E-state index in [0.29, 0.717) is 0 Å². The highest BCUT2D eigenvalue weighted by Gasteiger charge is 2.02. The van der Waals surface area contributed by atoms with Gasteiger partial charge in [-0.3, -0.25) is 0 Å². The molecule has 0 aromatic heterocycles. The van der Waals surface area contributed by atoms with Gasteiger partial charge in [0.05, 0.1) is 0 Å². The molecule has 0 radical (unpaired) electrons. The van der Waals surface area contributed by atoms with Gasteiger partial charge in [0.1, 0.15) is 0 Å². The molecule has 0 aliphatic rings. The summed E-state index contributed by atoms with van der Waals surface area (Å²) in [6.45, 7) is 5.32. The van der Waals surface area contributed by atoms with Crippen molar-refractivity contribution in [3.8, 4) is 0 Å². The Balaban J connectivity index is 2.70. The number of benzene rings is 1. The molecule has 1 nitrogen and oxygen atoms in total. The van der Waals surface area contributed by atoms with E-state index in [1.165, 1.54) is 18.5 Å². The molecule has 0 bridgehead atoms. The average Bonchev–Trinajstić information content (AvgIpc) is 2.18. The number of rotatable bonds is 4. The lowest BCUT2D eigenvalue weighted by molar-refractivity contribution is 0.766. The SMILES string of the molecule is CCCCN(C)c1ccc(C)c(Cl)c1. The van der Waals surface area contributed by atoms with Gasteiger partial charge in [0.2, 0.25) is 0 Å². The monoisotopic (exact) mass is 211 g/mol. The van der Waals surface area contributed by atoms with Gasteiger partial charge in [-0.05, 0) is 31.0 Å². The van der Waals surface area contributed by atoms with E-state index in [1.54, 1.807) is 0 Å². The van der Waals surface area contributed by atoms with Crippen LogP contribution in [0.4, 0.5) is 5.69 Å². The van der Waals surface area contributed by atoms with Crippen molar-refractivity contribution in [1.29, 1.82) is 0 Å². The Morgan fingerprint density at radius 1 is 1.36 bits per heavy atom. The van der Waals surface area contributed by atoms with E-state index in [9.17, 15) is 0 Å². The summed E-state index contributed by atoms with van der Waals surface area (Å²) in [6, 6.07) is 6.23. The third-order valence-electron chi connectivity index (χ3n) is 2.44. The minimum Gasteiger partial charge on any atom is -0.375 e. The van der Waals surface area contributed by atoms with Crippen molar-refractivity contribution in [2.45, 2.75) is 26.7 Å². The Labute approximate surface area is 91.7 Å². The van der Waals surface area contributed by atoms with Gasteiger partial charge in [-0.1, -0.05) is 31.0 Å². The first-order valence-corrected chi connectivity index (χ1v) is 5.50. The topological polar surface area (TPSA) is 3.24 Å². The summed E-state index contributed by atoms with van der Waals surface area (Å²) in [6.07, 6.45) is 2.45. The zero-order valence-electron chi connectivity index (χ0n) is 9.18. The molecule has 2 heteroatoms. The minimum absolute atomic E-state index is 0.853. The molecule has 0 saturated heterocycles. The Morgan fingerprint density at radius 2 is 2.07 bits per heavy atom. The molecule has 1 aromatic rings. The molecular formula is C12H18ClN. The molecular weight excluding hydrogens is 194 g/mol. The van der Waals surface area contributed by atoms with Crippen LogP contribution in [0.1, 0.15) is 25.3 Å². The highest BCUT2D eigenvalue weighted by Crippen LogP contribution is 2.22. The fourth-order valence-corrected chi connectivity index (χ4v) is 1.52. The molecule has 0 spiro atoms. The van der Waals surface area contributed by atoms with Crippen LogP contribution in [0, 0.1) is 6.92 Å². The molecule has 0 heterocycles. The maximum absolute atomic E-state index is 6.07. The number of hydrogen-bond acceptors (Lipinski definition) is 1. The molecule has 0 saturated carbocycles. The molecule has 0 fully saturated rings. The fourth-order valence-electron chi connectivity index (χ4n) is 1.34. The summed E-state index contributed by atoms with van der Waals surface area (Å²) < 4.78 is 0. The van der Waals surface area contributed by atoms with Crippen molar-refractivity contribution in [2.75, 3.05) is 18.5 Å². The summed E-state index contributed by atoms with van der Waals surface area (Å²) in [5.41, 5.74) is 2.34. The molecule has 0 aliphatic heterocycles. The summed E-state index contributed by atoms with van der Waals surface area (Å²) in [4.78, 5) is 2.24. The van der Waals surface area contributed by atoms with Crippen LogP contribution in [-0.2, 0) is 0 Å². The lowest BCUT2D eigenvalue weighted by atomic mass is 10.2. The van der Waals surface area contributed by atoms with Gasteiger partial charge >= 0.3 is 0 Å². The third kappa shape index (κ3) is 2.91. The molecule has 0 aliphatic carbocycles. The molecule has 78 valence electrons. The lowest BCUT2D eigenvalue weighted by Gasteiger charge is -2.19. The van der Waals surface area contributed by atoms with E-state index in [4.69, 9.17) is 11.6 Å². The van der Waals surface area contributed by atoms with Crippen LogP contribution in [0.3, 0.4) is 0 Å². The number of anilines is 1. The van der Waals surface area contributed by atoms with Crippen LogP contribution >= 0.6 is 11.6 Å². The van der Waals surface area contributed by atoms with E-state index in [2.05, 4.69) is 31.0 Å². The second-order valence-electron chi connectivity index (χ2n) is 3.71. The van der Waals surface area contributed by atoms with Gasteiger partial charge in [-0.25, -0.2) is 0 Å². The number of halogens is 1. The zero-order chi connectivity index (χ0) is 10.6. The van der Waals surface area contributed by atoms with Gasteiger partial charge in [0.15, 0.2) is 0 Å². The van der Waals surface area contributed by atoms with Gasteiger partial charge in [-0.2, -0.15) is 0 Å². The quantitative estimate of drug-likeness (QED) is 0.731. The second-order valence-corrected chi connectivity index (χ2v) is 4.12. The van der Waals surface area contributed by atoms with Crippen LogP contribution in [0.5, 0.6) is 0 Å². The van der Waals surface area contributed by atoms with E-state index in [0.717, 1.165) is 17.1 Å². The van der Waals surface area contributed by atoms with Gasteiger partial charge < -0.3 is 4.90 Å². The summed E-state index contributed by atoms with van der Waals surface area (Å²) in [7, 11) is 2.11. The molecule has 1 rings (SSSR count). The molecule has 0 unspecified atom stereocenters. The van der Waals surface area contributed by atoms with E-state index < -0.39 is 0 Å². The summed E-state index contributed by atoms with van der Waals surface area (Å²) in [5.74, 6) is 0. The van der Waals surface area contributed by atoms with Crippen molar-refractivity contribution in [3.05, 3.63) is 28.8 Å². The van der Waals surface area contributed by atoms with Crippen LogP contribution in [0.15, 0.2) is 18.2 Å². The summed E-state index contributed by atoms with van der Waals surface area (Å²) in [5, 5.41) is 0.853. The van der Waals surface area contributed by atoms with E-state index >= 15 is 0 Å². The van der Waals surface area contributed by atoms with E-state index in [1.807, 2.05) is 13.0 Å². The molecule has 0 amide bonds. The number of unbranched alkanes of at least 4 members (excludes halogenated alkanes) is 1. The van der Waals surface area contributed by atoms with Crippen molar-refractivity contribution in [3.63, 3.8) is 0 Å². The third-order valence-corrected chi connectivity index (χ3v) is 2.85. The molecule has 0 N–H and O–H groups in total. The molecule has 0 atom stereocenters. The van der Waals surface area contributed by atoms with Crippen LogP contribution < -0.4 is 4.90 Å². The van der Waals surface area contributed by atoms with Crippen molar-refractivity contribution in [1.82, 2.24) is 0 Å². The highest BCUT2D eigenvalue weighted by molar-refractivity contribution is 6.31. The van der Waals surface area contributed by atoms with Crippen LogP contribution in [0.25, 0.3) is 0 Å². The van der Waals surface area contributed by atoms with Gasteiger partial charge in [0.25, 0.3) is 0 Å². The summed E-state index contributed by atoms with van der Waals surface area (Å²) >= 11 is 6.07. The Hall–Kier alpha value is -0.690. The van der Waals surface area contributed by atoms with E-state index in [-0.39, 0.29) is 0 Å². The van der Waals surface area contributed by atoms with Gasteiger partial charge in [0, 0.05) is 24.3 Å². The number of nitrogens with zero attached hydrogens (tertiary/aromatic N) is 1. The fraction of sp³-hybridized carbons (Fsp3) is 0.500. The maximum Gasteiger partial charge on any atom is 0.0455 e. The first-order chi connectivity index (χ1) is 6.65. The predicted octanol–water partition coefficient (Wildman–Crippen LogP) is 3.88. The second kappa shape index (κ2) is 5.26. The Kier molecular flexibility index (Phi) is 4.27. The largest absolute Gasteiger partial charge is 0.375 e. The van der Waals surface area contributed by atoms with Crippen LogP contribution in [0.2, 0.25) is 5.02 Å². The van der Waals surface area contributed by atoms with Gasteiger partial charge in [-0.15, -0.1) is 0 Å². The van der Waals surface area contributed by atoms with Crippen molar-refractivity contribution in [2.24, 2.45) is 0 Å². The Morgan fingerprint density at radius 3 is 2.64 bits per heavy atom. The number of hydrogen-bond donors (Lipinski definition) is 0. The maximum atomic E-state index is 6.07. The Bertz CT molecular complexity index is 296. The number of aryl methyl sites for hydroxylation is 1. The standard InChI is InChI=1S/C12H18ClN/c1-4-5-8-14(3)11-7-6-10(2)12(13)9-11/h6-7,9H,4-5,8H2,1-3H3. The normalized spacial score (nSPS) is 10.3. The molecule has 1 aromatic carbocycles. The van der Waals surface area contributed by atoms with Crippen LogP contribution in [-0.4, -0.2) is 13.6 Å².